The van der Waals surface area contributed by atoms with Gasteiger partial charge in [-0.2, -0.15) is 0 Å². The molecule has 0 unspecified atom stereocenters. The summed E-state index contributed by atoms with van der Waals surface area (Å²) in [5, 5.41) is 0.680. The first-order valence-electron chi connectivity index (χ1n) is 6.87. The number of rotatable bonds is 2. The highest BCUT2D eigenvalue weighted by atomic mass is 35.5. The molecule has 3 N–H and O–H groups in total. The molecule has 4 nitrogen and oxygen atoms in total. The Hall–Kier alpha value is -1.26. The van der Waals surface area contributed by atoms with Gasteiger partial charge in [0.05, 0.1) is 0 Å². The molecule has 0 saturated heterocycles. The fourth-order valence-electron chi connectivity index (χ4n) is 3.40. The van der Waals surface area contributed by atoms with Gasteiger partial charge in [-0.3, -0.25) is 10.2 Å². The highest BCUT2D eigenvalue weighted by molar-refractivity contribution is 6.30. The Labute approximate surface area is 125 Å². The number of fused-ring (bicyclic) bond motifs is 1. The van der Waals surface area contributed by atoms with Gasteiger partial charge in [0.25, 0.3) is 5.91 Å². The van der Waals surface area contributed by atoms with Crippen molar-refractivity contribution in [2.24, 2.45) is 5.84 Å². The first kappa shape index (κ1) is 15.1. The topological polar surface area (TPSA) is 58.4 Å². The molecule has 0 radical (unpaired) electrons. The summed E-state index contributed by atoms with van der Waals surface area (Å²) in [5.74, 6) is 5.53. The summed E-state index contributed by atoms with van der Waals surface area (Å²) in [6.45, 7) is 8.37. The van der Waals surface area contributed by atoms with Crippen LogP contribution >= 0.6 is 11.6 Å². The molecular formula is C15H22ClN3O. The number of hydrogen-bond acceptors (Lipinski definition) is 3. The van der Waals surface area contributed by atoms with E-state index in [4.69, 9.17) is 17.4 Å². The predicted molar refractivity (Wildman–Crippen MR) is 82.8 cm³/mol. The van der Waals surface area contributed by atoms with E-state index in [-0.39, 0.29) is 17.5 Å². The number of nitrogens with two attached hydrogens (primary N) is 1. The number of carbonyl (C=O) groups is 1. The summed E-state index contributed by atoms with van der Waals surface area (Å²) < 4.78 is 0. The molecule has 0 saturated carbocycles. The van der Waals surface area contributed by atoms with Crippen molar-refractivity contribution in [2.75, 3.05) is 4.90 Å². The summed E-state index contributed by atoms with van der Waals surface area (Å²) in [6, 6.07) is 5.55. The van der Waals surface area contributed by atoms with Crippen LogP contribution in [0.3, 0.4) is 0 Å². The third-order valence-electron chi connectivity index (χ3n) is 4.15. The molecule has 1 aromatic carbocycles. The number of carbonyl (C=O) groups excluding carboxylic acids is 1. The van der Waals surface area contributed by atoms with Crippen molar-refractivity contribution in [1.29, 1.82) is 0 Å². The lowest BCUT2D eigenvalue weighted by Crippen LogP contribution is -2.58. The van der Waals surface area contributed by atoms with Gasteiger partial charge in [0, 0.05) is 16.2 Å². The van der Waals surface area contributed by atoms with Gasteiger partial charge in [-0.1, -0.05) is 24.6 Å². The highest BCUT2D eigenvalue weighted by Crippen LogP contribution is 2.45. The molecule has 2 atom stereocenters. The number of hydrogen-bond donors (Lipinski definition) is 2. The molecule has 0 spiro atoms. The standard InChI is InChI=1S/C15H22ClN3O/c1-9-8-15(3,4)19(10(2)14(20)18-17)13-7-11(16)5-6-12(9)13/h5-7,9-10H,8,17H2,1-4H3,(H,18,20)/t9-,10-/m1/s1. The normalized spacial score (nSPS) is 22.1. The third-order valence-corrected chi connectivity index (χ3v) is 4.38. The number of amides is 1. The summed E-state index contributed by atoms with van der Waals surface area (Å²) >= 11 is 6.15. The van der Waals surface area contributed by atoms with E-state index in [0.29, 0.717) is 10.9 Å². The zero-order valence-electron chi connectivity index (χ0n) is 12.4. The molecule has 0 fully saturated rings. The second kappa shape index (κ2) is 5.26. The quantitative estimate of drug-likeness (QED) is 0.501. The Bertz CT molecular complexity index is 530. The van der Waals surface area contributed by atoms with Crippen LogP contribution in [0.4, 0.5) is 5.69 Å². The minimum Gasteiger partial charge on any atom is -0.354 e. The molecular weight excluding hydrogens is 274 g/mol. The number of halogens is 1. The summed E-state index contributed by atoms with van der Waals surface area (Å²) in [6.07, 6.45) is 0.976. The molecule has 1 aliphatic heterocycles. The van der Waals surface area contributed by atoms with E-state index in [9.17, 15) is 4.79 Å². The number of nitrogens with one attached hydrogen (secondary N) is 1. The van der Waals surface area contributed by atoms with E-state index < -0.39 is 0 Å². The van der Waals surface area contributed by atoms with E-state index >= 15 is 0 Å². The smallest absolute Gasteiger partial charge is 0.256 e. The lowest BCUT2D eigenvalue weighted by molar-refractivity contribution is -0.122. The number of hydrazine groups is 1. The van der Waals surface area contributed by atoms with E-state index in [1.165, 1.54) is 5.56 Å². The van der Waals surface area contributed by atoms with Crippen LogP contribution < -0.4 is 16.2 Å². The van der Waals surface area contributed by atoms with Gasteiger partial charge in [-0.25, -0.2) is 5.84 Å². The Kier molecular flexibility index (Phi) is 3.98. The van der Waals surface area contributed by atoms with Crippen molar-refractivity contribution < 1.29 is 4.79 Å². The summed E-state index contributed by atoms with van der Waals surface area (Å²) in [4.78, 5) is 14.1. The van der Waals surface area contributed by atoms with E-state index in [1.54, 1.807) is 0 Å². The highest BCUT2D eigenvalue weighted by Gasteiger charge is 2.40. The lowest BCUT2D eigenvalue weighted by Gasteiger charge is -2.49. The molecule has 1 amide bonds. The Morgan fingerprint density at radius 2 is 2.20 bits per heavy atom. The van der Waals surface area contributed by atoms with Crippen LogP contribution in [0.25, 0.3) is 0 Å². The van der Waals surface area contributed by atoms with Gasteiger partial charge in [0.15, 0.2) is 0 Å². The van der Waals surface area contributed by atoms with Crippen molar-refractivity contribution in [3.8, 4) is 0 Å². The first-order chi connectivity index (χ1) is 9.27. The second-order valence-electron chi connectivity index (χ2n) is 6.18. The molecule has 2 rings (SSSR count). The molecule has 1 aliphatic rings. The van der Waals surface area contributed by atoms with Gasteiger partial charge in [-0.15, -0.1) is 0 Å². The van der Waals surface area contributed by atoms with Crippen molar-refractivity contribution in [3.63, 3.8) is 0 Å². The fraction of sp³-hybridized carbons (Fsp3) is 0.533. The minimum absolute atomic E-state index is 0.136. The van der Waals surface area contributed by atoms with Crippen LogP contribution in [0.5, 0.6) is 0 Å². The average Bonchev–Trinajstić information content (AvgIpc) is 2.35. The number of anilines is 1. The summed E-state index contributed by atoms with van der Waals surface area (Å²) in [5.41, 5.74) is 4.36. The van der Waals surface area contributed by atoms with Gasteiger partial charge in [0.2, 0.25) is 0 Å². The largest absolute Gasteiger partial charge is 0.354 e. The third kappa shape index (κ3) is 2.50. The van der Waals surface area contributed by atoms with E-state index in [1.807, 2.05) is 19.1 Å². The van der Waals surface area contributed by atoms with Crippen LogP contribution in [0.15, 0.2) is 18.2 Å². The zero-order valence-corrected chi connectivity index (χ0v) is 13.2. The Morgan fingerprint density at radius 3 is 2.80 bits per heavy atom. The van der Waals surface area contributed by atoms with Crippen LogP contribution in [0, 0.1) is 0 Å². The molecule has 0 aromatic heterocycles. The molecule has 20 heavy (non-hydrogen) atoms. The first-order valence-corrected chi connectivity index (χ1v) is 7.25. The maximum atomic E-state index is 12.0. The fourth-order valence-corrected chi connectivity index (χ4v) is 3.56. The maximum Gasteiger partial charge on any atom is 0.256 e. The monoisotopic (exact) mass is 295 g/mol. The predicted octanol–water partition coefficient (Wildman–Crippen LogP) is 2.81. The molecule has 0 aliphatic carbocycles. The lowest BCUT2D eigenvalue weighted by atomic mass is 9.79. The second-order valence-corrected chi connectivity index (χ2v) is 6.61. The average molecular weight is 296 g/mol. The molecule has 1 aromatic rings. The van der Waals surface area contributed by atoms with Crippen LogP contribution in [-0.4, -0.2) is 17.5 Å². The van der Waals surface area contributed by atoms with Crippen molar-refractivity contribution >= 4 is 23.2 Å². The molecule has 110 valence electrons. The molecule has 0 bridgehead atoms. The van der Waals surface area contributed by atoms with Crippen molar-refractivity contribution in [1.82, 2.24) is 5.43 Å². The van der Waals surface area contributed by atoms with Crippen molar-refractivity contribution in [2.45, 2.75) is 51.6 Å². The summed E-state index contributed by atoms with van der Waals surface area (Å²) in [7, 11) is 0. The maximum absolute atomic E-state index is 12.0. The van der Waals surface area contributed by atoms with Crippen LogP contribution in [-0.2, 0) is 4.79 Å². The van der Waals surface area contributed by atoms with Gasteiger partial charge in [0.1, 0.15) is 6.04 Å². The zero-order chi connectivity index (χ0) is 15.1. The van der Waals surface area contributed by atoms with Gasteiger partial charge >= 0.3 is 0 Å². The Balaban J connectivity index is 2.56. The SMILES string of the molecule is C[C@@H]1CC(C)(C)N([C@H](C)C(=O)NN)c2cc(Cl)ccc21. The van der Waals surface area contributed by atoms with E-state index in [0.717, 1.165) is 12.1 Å². The van der Waals surface area contributed by atoms with Crippen molar-refractivity contribution in [3.05, 3.63) is 28.8 Å². The van der Waals surface area contributed by atoms with Crippen LogP contribution in [0.2, 0.25) is 5.02 Å². The van der Waals surface area contributed by atoms with E-state index in [2.05, 4.69) is 37.2 Å². The molecule has 5 heteroatoms. The Morgan fingerprint density at radius 1 is 1.55 bits per heavy atom. The van der Waals surface area contributed by atoms with Crippen LogP contribution in [0.1, 0.15) is 45.6 Å². The number of benzene rings is 1. The minimum atomic E-state index is -0.347. The van der Waals surface area contributed by atoms with Gasteiger partial charge < -0.3 is 4.90 Å². The molecule has 1 heterocycles. The number of nitrogens with zero attached hydrogens (tertiary/aromatic N) is 1. The van der Waals surface area contributed by atoms with Gasteiger partial charge in [-0.05, 0) is 50.8 Å².